The first-order chi connectivity index (χ1) is 6.61. The van der Waals surface area contributed by atoms with Crippen molar-refractivity contribution in [3.05, 3.63) is 17.0 Å². The molecule has 1 aromatic heterocycles. The van der Waals surface area contributed by atoms with E-state index < -0.39 is 0 Å². The van der Waals surface area contributed by atoms with Crippen LogP contribution in [0.3, 0.4) is 0 Å². The molecule has 5 heteroatoms. The summed E-state index contributed by atoms with van der Waals surface area (Å²) in [5, 5.41) is 14.8. The molecule has 0 radical (unpaired) electrons. The van der Waals surface area contributed by atoms with Crippen LogP contribution in [0.4, 0.5) is 9.80 Å². The molecule has 0 saturated carbocycles. The molecule has 14 heavy (non-hydrogen) atoms. The van der Waals surface area contributed by atoms with E-state index in [1.807, 2.05) is 19.1 Å². The zero-order chi connectivity index (χ0) is 10.6. The maximum Gasteiger partial charge on any atom is 0.320 e. The van der Waals surface area contributed by atoms with Gasteiger partial charge >= 0.3 is 6.03 Å². The Morgan fingerprint density at radius 1 is 1.64 bits per heavy atom. The Balaban J connectivity index is 2.41. The number of carbonyl (C=O) groups excluding carboxylic acids is 1. The van der Waals surface area contributed by atoms with Crippen LogP contribution < -0.4 is 10.6 Å². The molecule has 1 heterocycles. The number of nitrogens with one attached hydrogen (secondary N) is 2. The van der Waals surface area contributed by atoms with E-state index in [0.29, 0.717) is 0 Å². The predicted octanol–water partition coefficient (Wildman–Crippen LogP) is 1.56. The lowest BCUT2D eigenvalue weighted by Gasteiger charge is -2.10. The van der Waals surface area contributed by atoms with E-state index >= 15 is 0 Å². The van der Waals surface area contributed by atoms with E-state index in [4.69, 9.17) is 5.11 Å². The smallest absolute Gasteiger partial charge is 0.320 e. The van der Waals surface area contributed by atoms with E-state index in [9.17, 15) is 4.79 Å². The second-order valence-electron chi connectivity index (χ2n) is 3.09. The van der Waals surface area contributed by atoms with Crippen molar-refractivity contribution in [1.29, 1.82) is 0 Å². The van der Waals surface area contributed by atoms with Crippen LogP contribution in [-0.4, -0.2) is 23.8 Å². The standard InChI is InChI=1S/C9H14N2O2S/c1-6(5-12)10-9(13)11-8-4-3-7(2)14-8/h3-4,6,12H,5H2,1-2H3,(H2,10,11,13). The number of aliphatic hydroxyl groups excluding tert-OH is 1. The number of anilines is 1. The molecule has 0 saturated heterocycles. The molecule has 0 aliphatic carbocycles. The van der Waals surface area contributed by atoms with Gasteiger partial charge in [-0.1, -0.05) is 0 Å². The number of amides is 2. The third-order valence-corrected chi connectivity index (χ3v) is 2.54. The van der Waals surface area contributed by atoms with Crippen molar-refractivity contribution in [2.24, 2.45) is 0 Å². The van der Waals surface area contributed by atoms with Gasteiger partial charge in [-0.05, 0) is 26.0 Å². The van der Waals surface area contributed by atoms with Gasteiger partial charge in [-0.15, -0.1) is 11.3 Å². The van der Waals surface area contributed by atoms with Crippen molar-refractivity contribution in [3.63, 3.8) is 0 Å². The van der Waals surface area contributed by atoms with Crippen LogP contribution in [-0.2, 0) is 0 Å². The van der Waals surface area contributed by atoms with Crippen LogP contribution in [0.25, 0.3) is 0 Å². The fourth-order valence-corrected chi connectivity index (χ4v) is 1.68. The molecule has 3 N–H and O–H groups in total. The molecule has 78 valence electrons. The summed E-state index contributed by atoms with van der Waals surface area (Å²) in [7, 11) is 0. The van der Waals surface area contributed by atoms with Crippen molar-refractivity contribution in [3.8, 4) is 0 Å². The second kappa shape index (κ2) is 4.97. The van der Waals surface area contributed by atoms with Crippen molar-refractivity contribution in [1.82, 2.24) is 5.32 Å². The fraction of sp³-hybridized carbons (Fsp3) is 0.444. The molecule has 2 amide bonds. The highest BCUT2D eigenvalue weighted by atomic mass is 32.1. The van der Waals surface area contributed by atoms with Crippen LogP contribution in [0.1, 0.15) is 11.8 Å². The summed E-state index contributed by atoms with van der Waals surface area (Å²) in [5.41, 5.74) is 0. The SMILES string of the molecule is Cc1ccc(NC(=O)NC(C)CO)s1. The first kappa shape index (κ1) is 11.0. The third-order valence-electron chi connectivity index (χ3n) is 1.63. The zero-order valence-corrected chi connectivity index (χ0v) is 9.02. The minimum atomic E-state index is -0.284. The summed E-state index contributed by atoms with van der Waals surface area (Å²) in [6.45, 7) is 3.65. The number of urea groups is 1. The molecule has 1 unspecified atom stereocenters. The molecule has 0 aromatic carbocycles. The first-order valence-corrected chi connectivity index (χ1v) is 5.18. The Kier molecular flexibility index (Phi) is 3.91. The minimum absolute atomic E-state index is 0.0586. The Labute approximate surface area is 87.0 Å². The molecule has 0 fully saturated rings. The Morgan fingerprint density at radius 3 is 2.86 bits per heavy atom. The average molecular weight is 214 g/mol. The van der Waals surface area contributed by atoms with Gasteiger partial charge in [-0.25, -0.2) is 4.79 Å². The van der Waals surface area contributed by atoms with Gasteiger partial charge in [0.05, 0.1) is 17.6 Å². The summed E-state index contributed by atoms with van der Waals surface area (Å²) >= 11 is 1.52. The highest BCUT2D eigenvalue weighted by Crippen LogP contribution is 2.20. The highest BCUT2D eigenvalue weighted by Gasteiger charge is 2.06. The lowest BCUT2D eigenvalue weighted by atomic mass is 10.4. The maximum atomic E-state index is 11.3. The molecular weight excluding hydrogens is 200 g/mol. The lowest BCUT2D eigenvalue weighted by Crippen LogP contribution is -2.37. The van der Waals surface area contributed by atoms with E-state index in [1.54, 1.807) is 6.92 Å². The minimum Gasteiger partial charge on any atom is -0.394 e. The predicted molar refractivity (Wildman–Crippen MR) is 57.8 cm³/mol. The van der Waals surface area contributed by atoms with Crippen molar-refractivity contribution in [2.45, 2.75) is 19.9 Å². The molecular formula is C9H14N2O2S. The van der Waals surface area contributed by atoms with Gasteiger partial charge in [0.15, 0.2) is 0 Å². The van der Waals surface area contributed by atoms with E-state index in [2.05, 4.69) is 10.6 Å². The molecule has 4 nitrogen and oxygen atoms in total. The number of rotatable bonds is 3. The Hall–Kier alpha value is -1.07. The van der Waals surface area contributed by atoms with Gasteiger partial charge in [-0.3, -0.25) is 5.32 Å². The summed E-state index contributed by atoms with van der Waals surface area (Å²) in [4.78, 5) is 12.4. The monoisotopic (exact) mass is 214 g/mol. The van der Waals surface area contributed by atoms with Gasteiger partial charge < -0.3 is 10.4 Å². The fourth-order valence-electron chi connectivity index (χ4n) is 0.919. The number of hydrogen-bond donors (Lipinski definition) is 3. The number of aryl methyl sites for hydroxylation is 1. The van der Waals surface area contributed by atoms with Gasteiger partial charge in [-0.2, -0.15) is 0 Å². The van der Waals surface area contributed by atoms with Gasteiger partial charge in [0.25, 0.3) is 0 Å². The summed E-state index contributed by atoms with van der Waals surface area (Å²) in [6, 6.07) is 3.28. The van der Waals surface area contributed by atoms with Gasteiger partial charge in [0.1, 0.15) is 0 Å². The van der Waals surface area contributed by atoms with Crippen LogP contribution in [0, 0.1) is 6.92 Å². The number of carbonyl (C=O) groups is 1. The molecule has 1 rings (SSSR count). The van der Waals surface area contributed by atoms with Gasteiger partial charge in [0.2, 0.25) is 0 Å². The molecule has 0 aliphatic rings. The average Bonchev–Trinajstić information content (AvgIpc) is 2.50. The normalized spacial score (nSPS) is 12.2. The van der Waals surface area contributed by atoms with Crippen molar-refractivity contribution >= 4 is 22.4 Å². The van der Waals surface area contributed by atoms with Gasteiger partial charge in [0, 0.05) is 4.88 Å². The first-order valence-electron chi connectivity index (χ1n) is 4.36. The van der Waals surface area contributed by atoms with E-state index in [-0.39, 0.29) is 18.7 Å². The van der Waals surface area contributed by atoms with E-state index in [1.165, 1.54) is 11.3 Å². The second-order valence-corrected chi connectivity index (χ2v) is 4.38. The summed E-state index contributed by atoms with van der Waals surface area (Å²) in [5.74, 6) is 0. The Morgan fingerprint density at radius 2 is 2.36 bits per heavy atom. The molecule has 1 atom stereocenters. The van der Waals surface area contributed by atoms with Crippen LogP contribution in [0.15, 0.2) is 12.1 Å². The van der Waals surface area contributed by atoms with Crippen molar-refractivity contribution in [2.75, 3.05) is 11.9 Å². The molecule has 0 aliphatic heterocycles. The number of thiophene rings is 1. The van der Waals surface area contributed by atoms with Crippen molar-refractivity contribution < 1.29 is 9.90 Å². The highest BCUT2D eigenvalue weighted by molar-refractivity contribution is 7.16. The molecule has 0 bridgehead atoms. The molecule has 1 aromatic rings. The molecule has 0 spiro atoms. The summed E-state index contributed by atoms with van der Waals surface area (Å²) < 4.78 is 0. The van der Waals surface area contributed by atoms with Crippen LogP contribution in [0.5, 0.6) is 0 Å². The van der Waals surface area contributed by atoms with Crippen LogP contribution >= 0.6 is 11.3 Å². The Bertz CT molecular complexity index is 312. The largest absolute Gasteiger partial charge is 0.394 e. The zero-order valence-electron chi connectivity index (χ0n) is 8.20. The third kappa shape index (κ3) is 3.35. The lowest BCUT2D eigenvalue weighted by molar-refractivity contribution is 0.229. The number of aliphatic hydroxyl groups is 1. The summed E-state index contributed by atoms with van der Waals surface area (Å²) in [6.07, 6.45) is 0. The topological polar surface area (TPSA) is 61.4 Å². The number of hydrogen-bond acceptors (Lipinski definition) is 3. The van der Waals surface area contributed by atoms with E-state index in [0.717, 1.165) is 9.88 Å². The maximum absolute atomic E-state index is 11.3. The van der Waals surface area contributed by atoms with Crippen LogP contribution in [0.2, 0.25) is 0 Å². The quantitative estimate of drug-likeness (QED) is 0.715.